The van der Waals surface area contributed by atoms with Crippen molar-refractivity contribution >= 4 is 6.08 Å². The van der Waals surface area contributed by atoms with E-state index in [0.717, 1.165) is 26.2 Å². The minimum Gasteiger partial charge on any atom is -0.375 e. The van der Waals surface area contributed by atoms with Crippen molar-refractivity contribution in [2.75, 3.05) is 26.2 Å². The first kappa shape index (κ1) is 17.6. The Bertz CT molecular complexity index is 796. The highest BCUT2D eigenvalue weighted by molar-refractivity contribution is 5.48. The normalized spacial score (nSPS) is 15.5. The lowest BCUT2D eigenvalue weighted by Gasteiger charge is -2.39. The Hall–Kier alpha value is -2.84. The molecule has 27 heavy (non-hydrogen) atoms. The van der Waals surface area contributed by atoms with Crippen LogP contribution in [0.5, 0.6) is 0 Å². The maximum Gasteiger partial charge on any atom is 0.0603 e. The lowest BCUT2D eigenvalue weighted by molar-refractivity contribution is 0.139. The van der Waals surface area contributed by atoms with Crippen LogP contribution in [0.4, 0.5) is 0 Å². The van der Waals surface area contributed by atoms with Gasteiger partial charge in [0.25, 0.3) is 0 Å². The van der Waals surface area contributed by atoms with Crippen LogP contribution >= 0.6 is 0 Å². The lowest BCUT2D eigenvalue weighted by Crippen LogP contribution is -2.45. The van der Waals surface area contributed by atoms with E-state index in [1.54, 1.807) is 0 Å². The van der Waals surface area contributed by atoms with Gasteiger partial charge in [0.05, 0.1) is 6.04 Å². The highest BCUT2D eigenvalue weighted by Gasteiger charge is 2.25. The number of rotatable bonds is 5. The zero-order chi connectivity index (χ0) is 18.3. The van der Waals surface area contributed by atoms with Gasteiger partial charge in [0, 0.05) is 26.2 Å². The smallest absolute Gasteiger partial charge is 0.0603 e. The van der Waals surface area contributed by atoms with Crippen molar-refractivity contribution in [3.05, 3.63) is 114 Å². The Morgan fingerprint density at radius 3 is 1.59 bits per heavy atom. The van der Waals surface area contributed by atoms with Gasteiger partial charge in [-0.3, -0.25) is 4.90 Å². The summed E-state index contributed by atoms with van der Waals surface area (Å²) in [7, 11) is 0. The molecule has 0 amide bonds. The summed E-state index contributed by atoms with van der Waals surface area (Å²) in [6.45, 7) is 4.24. The molecular weight excluding hydrogens is 328 g/mol. The Balaban J connectivity index is 1.47. The summed E-state index contributed by atoms with van der Waals surface area (Å²) in [5.74, 6) is 0. The second kappa shape index (κ2) is 8.70. The third-order valence-corrected chi connectivity index (χ3v) is 5.22. The maximum atomic E-state index is 2.61. The second-order valence-electron chi connectivity index (χ2n) is 7.02. The van der Waals surface area contributed by atoms with E-state index >= 15 is 0 Å². The molecule has 3 aromatic carbocycles. The third-order valence-electron chi connectivity index (χ3n) is 5.22. The Kier molecular flexibility index (Phi) is 5.66. The molecule has 3 aromatic rings. The minimum atomic E-state index is 0.327. The van der Waals surface area contributed by atoms with Crippen LogP contribution in [0.15, 0.2) is 97.2 Å². The number of hydrogen-bond donors (Lipinski definition) is 0. The van der Waals surface area contributed by atoms with Crippen molar-refractivity contribution in [3.8, 4) is 0 Å². The molecule has 1 aliphatic rings. The van der Waals surface area contributed by atoms with E-state index in [0.29, 0.717) is 6.04 Å². The van der Waals surface area contributed by atoms with Crippen LogP contribution in [0, 0.1) is 0 Å². The summed E-state index contributed by atoms with van der Waals surface area (Å²) >= 11 is 0. The number of nitrogens with zero attached hydrogens (tertiary/aromatic N) is 2. The molecule has 2 heteroatoms. The van der Waals surface area contributed by atoms with Gasteiger partial charge in [0.1, 0.15) is 0 Å². The highest BCUT2D eigenvalue weighted by atomic mass is 15.3. The molecular formula is C25H26N2. The average Bonchev–Trinajstić information content (AvgIpc) is 2.76. The Morgan fingerprint density at radius 1 is 0.593 bits per heavy atom. The van der Waals surface area contributed by atoms with Gasteiger partial charge >= 0.3 is 0 Å². The summed E-state index contributed by atoms with van der Waals surface area (Å²) in [6, 6.07) is 32.6. The number of hydrogen-bond acceptors (Lipinski definition) is 2. The molecule has 0 bridgehead atoms. The van der Waals surface area contributed by atoms with Crippen LogP contribution in [0.25, 0.3) is 6.08 Å². The van der Waals surface area contributed by atoms with E-state index in [-0.39, 0.29) is 0 Å². The van der Waals surface area contributed by atoms with E-state index in [2.05, 4.69) is 113 Å². The van der Waals surface area contributed by atoms with Crippen LogP contribution < -0.4 is 0 Å². The van der Waals surface area contributed by atoms with Gasteiger partial charge in [-0.15, -0.1) is 0 Å². The summed E-state index contributed by atoms with van der Waals surface area (Å²) in [5, 5.41) is 0. The van der Waals surface area contributed by atoms with Crippen LogP contribution in [-0.2, 0) is 0 Å². The van der Waals surface area contributed by atoms with Crippen molar-refractivity contribution in [2.45, 2.75) is 6.04 Å². The molecule has 0 atom stereocenters. The van der Waals surface area contributed by atoms with E-state index in [1.807, 2.05) is 0 Å². The molecule has 0 unspecified atom stereocenters. The van der Waals surface area contributed by atoms with Crippen molar-refractivity contribution in [2.24, 2.45) is 0 Å². The molecule has 0 radical (unpaired) electrons. The van der Waals surface area contributed by atoms with Crippen LogP contribution in [0.1, 0.15) is 22.7 Å². The van der Waals surface area contributed by atoms with Gasteiger partial charge in [-0.2, -0.15) is 0 Å². The van der Waals surface area contributed by atoms with Crippen molar-refractivity contribution in [1.29, 1.82) is 0 Å². The molecule has 1 heterocycles. The molecule has 1 fully saturated rings. The van der Waals surface area contributed by atoms with Crippen molar-refractivity contribution in [1.82, 2.24) is 9.80 Å². The zero-order valence-electron chi connectivity index (χ0n) is 15.6. The Labute approximate surface area is 162 Å². The van der Waals surface area contributed by atoms with Gasteiger partial charge in [0.15, 0.2) is 0 Å². The highest BCUT2D eigenvalue weighted by Crippen LogP contribution is 2.29. The van der Waals surface area contributed by atoms with E-state index in [4.69, 9.17) is 0 Å². The molecule has 4 rings (SSSR count). The van der Waals surface area contributed by atoms with Gasteiger partial charge in [-0.05, 0) is 29.0 Å². The summed E-state index contributed by atoms with van der Waals surface area (Å²) in [5.41, 5.74) is 4.00. The predicted octanol–water partition coefficient (Wildman–Crippen LogP) is 5.06. The Morgan fingerprint density at radius 2 is 1.07 bits per heavy atom. The summed E-state index contributed by atoms with van der Waals surface area (Å²) < 4.78 is 0. The van der Waals surface area contributed by atoms with Crippen LogP contribution in [0.3, 0.4) is 0 Å². The molecule has 2 nitrogen and oxygen atoms in total. The molecule has 0 aliphatic carbocycles. The second-order valence-corrected chi connectivity index (χ2v) is 7.02. The maximum absolute atomic E-state index is 2.61. The first-order valence-electron chi connectivity index (χ1n) is 9.71. The largest absolute Gasteiger partial charge is 0.375 e. The van der Waals surface area contributed by atoms with Gasteiger partial charge in [-0.1, -0.05) is 91.0 Å². The fourth-order valence-electron chi connectivity index (χ4n) is 3.79. The molecule has 1 aliphatic heterocycles. The van der Waals surface area contributed by atoms with E-state index in [9.17, 15) is 0 Å². The third kappa shape index (κ3) is 4.47. The molecule has 0 spiro atoms. The van der Waals surface area contributed by atoms with Crippen LogP contribution in [-0.4, -0.2) is 36.0 Å². The summed E-state index contributed by atoms with van der Waals surface area (Å²) in [6.07, 6.45) is 4.45. The first-order chi connectivity index (χ1) is 13.4. The standard InChI is InChI=1S/C25H26N2/c1-4-10-22(11-5-1)16-17-26-18-20-27(21-19-26)25(23-12-6-2-7-13-23)24-14-8-3-9-15-24/h1-17,25H,18-21H2. The van der Waals surface area contributed by atoms with Crippen molar-refractivity contribution < 1.29 is 0 Å². The minimum absolute atomic E-state index is 0.327. The van der Waals surface area contributed by atoms with Crippen molar-refractivity contribution in [3.63, 3.8) is 0 Å². The topological polar surface area (TPSA) is 6.48 Å². The molecule has 1 saturated heterocycles. The molecule has 0 aromatic heterocycles. The molecule has 0 N–H and O–H groups in total. The van der Waals surface area contributed by atoms with E-state index < -0.39 is 0 Å². The fourth-order valence-corrected chi connectivity index (χ4v) is 3.79. The SMILES string of the molecule is C(=CN1CCN(C(c2ccccc2)c2ccccc2)CC1)c1ccccc1. The fraction of sp³-hybridized carbons (Fsp3) is 0.200. The average molecular weight is 354 g/mol. The first-order valence-corrected chi connectivity index (χ1v) is 9.71. The number of benzene rings is 3. The monoisotopic (exact) mass is 354 g/mol. The lowest BCUT2D eigenvalue weighted by atomic mass is 9.96. The number of piperazine rings is 1. The quantitative estimate of drug-likeness (QED) is 0.631. The van der Waals surface area contributed by atoms with Gasteiger partial charge < -0.3 is 4.90 Å². The zero-order valence-corrected chi connectivity index (χ0v) is 15.6. The molecule has 0 saturated carbocycles. The van der Waals surface area contributed by atoms with Gasteiger partial charge in [0.2, 0.25) is 0 Å². The van der Waals surface area contributed by atoms with Crippen LogP contribution in [0.2, 0.25) is 0 Å². The predicted molar refractivity (Wildman–Crippen MR) is 113 cm³/mol. The molecule has 136 valence electrons. The van der Waals surface area contributed by atoms with Gasteiger partial charge in [-0.25, -0.2) is 0 Å². The summed E-state index contributed by atoms with van der Waals surface area (Å²) in [4.78, 5) is 5.04. The van der Waals surface area contributed by atoms with E-state index in [1.165, 1.54) is 16.7 Å².